The number of benzene rings is 1. The van der Waals surface area contributed by atoms with Crippen molar-refractivity contribution in [3.8, 4) is 16.3 Å². The average Bonchev–Trinajstić information content (AvgIpc) is 3.55. The largest absolute Gasteiger partial charge is 0.494 e. The Bertz CT molecular complexity index is 1560. The molecule has 2 aromatic rings. The molecule has 48 heavy (non-hydrogen) atoms. The van der Waals surface area contributed by atoms with Gasteiger partial charge >= 0.3 is 0 Å². The number of anilines is 1. The highest BCUT2D eigenvalue weighted by Crippen LogP contribution is 2.39. The van der Waals surface area contributed by atoms with E-state index >= 15 is 0 Å². The molecule has 0 atom stereocenters. The van der Waals surface area contributed by atoms with E-state index in [1.165, 1.54) is 56.9 Å². The van der Waals surface area contributed by atoms with Crippen LogP contribution in [0.15, 0.2) is 47.7 Å². The van der Waals surface area contributed by atoms with Gasteiger partial charge in [-0.3, -0.25) is 14.4 Å². The standard InChI is InChI=1S/C32H41B3N8O4S/c1-47-27-21(30-38-18-24(48-30)31(46)43-15-10-19(11-16-43)9-14-42-12-2-3-13-42)5-4-6-22(27)39-23(26(37)29(45)41-32(33,34)35)17-25(36)40-28(44)20-7-8-20/h4-6,17-20,39H,2-3,7-16,36-37H2,1H3,(H,40,44)(H,41,45)/b25-17+,26-23+. The molecule has 248 valence electrons. The highest BCUT2D eigenvalue weighted by Gasteiger charge is 2.30. The first kappa shape index (κ1) is 35.4. The summed E-state index contributed by atoms with van der Waals surface area (Å²) in [6.45, 7) is 5.05. The molecule has 0 spiro atoms. The van der Waals surface area contributed by atoms with Crippen LogP contribution in [-0.4, -0.2) is 101 Å². The quantitative estimate of drug-likeness (QED) is 0.120. The molecule has 3 fully saturated rings. The summed E-state index contributed by atoms with van der Waals surface area (Å²) < 4.78 is 5.78. The number of carbonyl (C=O) groups excluding carboxylic acids is 3. The van der Waals surface area contributed by atoms with Gasteiger partial charge in [-0.05, 0) is 82.6 Å². The first-order valence-electron chi connectivity index (χ1n) is 16.3. The number of hydrogen-bond acceptors (Lipinski definition) is 10. The van der Waals surface area contributed by atoms with Crippen molar-refractivity contribution in [1.82, 2.24) is 25.4 Å². The van der Waals surface area contributed by atoms with Crippen LogP contribution in [0.1, 0.15) is 54.6 Å². The van der Waals surface area contributed by atoms with Crippen molar-refractivity contribution in [3.05, 3.63) is 52.6 Å². The molecular formula is C32H41B3N8O4S. The number of piperidine rings is 1. The van der Waals surface area contributed by atoms with Crippen molar-refractivity contribution in [2.45, 2.75) is 50.2 Å². The van der Waals surface area contributed by atoms with Crippen LogP contribution >= 0.6 is 11.3 Å². The van der Waals surface area contributed by atoms with Gasteiger partial charge in [-0.25, -0.2) is 4.98 Å². The van der Waals surface area contributed by atoms with Crippen molar-refractivity contribution in [2.75, 3.05) is 45.2 Å². The van der Waals surface area contributed by atoms with E-state index in [-0.39, 0.29) is 34.9 Å². The second kappa shape index (κ2) is 15.5. The minimum atomic E-state index is -2.04. The van der Waals surface area contributed by atoms with Crippen LogP contribution in [0, 0.1) is 11.8 Å². The third kappa shape index (κ3) is 9.37. The molecule has 3 amide bonds. The Kier molecular flexibility index (Phi) is 11.5. The first-order valence-corrected chi connectivity index (χ1v) is 17.1. The Hall–Kier alpha value is -3.91. The lowest BCUT2D eigenvalue weighted by Gasteiger charge is -2.32. The summed E-state index contributed by atoms with van der Waals surface area (Å²) in [5, 5.41) is 6.41. The number of carbonyl (C=O) groups is 3. The summed E-state index contributed by atoms with van der Waals surface area (Å²) in [7, 11) is 18.1. The predicted octanol–water partition coefficient (Wildman–Crippen LogP) is 1.30. The molecule has 3 aliphatic rings. The van der Waals surface area contributed by atoms with Gasteiger partial charge in [0.1, 0.15) is 21.4 Å². The lowest BCUT2D eigenvalue weighted by molar-refractivity contribution is -0.121. The zero-order valence-corrected chi connectivity index (χ0v) is 28.1. The number of allylic oxidation sites excluding steroid dienone is 1. The van der Waals surface area contributed by atoms with Gasteiger partial charge < -0.3 is 42.0 Å². The van der Waals surface area contributed by atoms with Crippen molar-refractivity contribution in [1.29, 1.82) is 0 Å². The lowest BCUT2D eigenvalue weighted by atomic mass is 9.49. The van der Waals surface area contributed by atoms with E-state index < -0.39 is 11.1 Å². The zero-order valence-electron chi connectivity index (χ0n) is 27.3. The Morgan fingerprint density at radius 2 is 1.79 bits per heavy atom. The van der Waals surface area contributed by atoms with Gasteiger partial charge in [0.15, 0.2) is 5.75 Å². The number of thiazole rings is 1. The lowest BCUT2D eigenvalue weighted by Crippen LogP contribution is -2.51. The topological polar surface area (TPSA) is 168 Å². The third-order valence-corrected chi connectivity index (χ3v) is 9.79. The molecule has 1 saturated carbocycles. The number of nitrogens with two attached hydrogens (primary N) is 2. The molecule has 12 nitrogen and oxygen atoms in total. The zero-order chi connectivity index (χ0) is 34.4. The monoisotopic (exact) mass is 666 g/mol. The number of rotatable bonds is 13. The summed E-state index contributed by atoms with van der Waals surface area (Å²) in [4.78, 5) is 48.2. The molecule has 2 aliphatic heterocycles. The van der Waals surface area contributed by atoms with Gasteiger partial charge in [-0.1, -0.05) is 11.3 Å². The second-order valence-corrected chi connectivity index (χ2v) is 13.7. The van der Waals surface area contributed by atoms with Gasteiger partial charge in [0.2, 0.25) is 5.91 Å². The van der Waals surface area contributed by atoms with Gasteiger partial charge in [0, 0.05) is 25.1 Å². The highest BCUT2D eigenvalue weighted by molar-refractivity contribution is 7.17. The van der Waals surface area contributed by atoms with Crippen LogP contribution in [-0.2, 0) is 9.59 Å². The Morgan fingerprint density at radius 1 is 1.08 bits per heavy atom. The normalized spacial score (nSPS) is 18.3. The second-order valence-electron chi connectivity index (χ2n) is 12.7. The molecule has 7 N–H and O–H groups in total. The van der Waals surface area contributed by atoms with Crippen LogP contribution in [0.2, 0.25) is 0 Å². The number of nitrogens with one attached hydrogen (secondary N) is 3. The number of nitrogens with zero attached hydrogens (tertiary/aromatic N) is 3. The van der Waals surface area contributed by atoms with Gasteiger partial charge in [0.25, 0.3) is 11.8 Å². The summed E-state index contributed by atoms with van der Waals surface area (Å²) in [6, 6.07) is 5.28. The number of hydrogen-bond donors (Lipinski definition) is 5. The fraction of sp³-hybridized carbons (Fsp3) is 0.500. The third-order valence-electron chi connectivity index (χ3n) is 8.77. The number of methoxy groups -OCH3 is 1. The average molecular weight is 666 g/mol. The molecule has 16 heteroatoms. The molecule has 1 aromatic carbocycles. The van der Waals surface area contributed by atoms with Crippen LogP contribution in [0.25, 0.3) is 10.6 Å². The molecule has 6 radical (unpaired) electrons. The maximum atomic E-state index is 13.5. The minimum absolute atomic E-state index is 0.0136. The SMILES string of the molecule is [B]C([B])([B])NC(=O)/C(N)=C(/C=C(\N)NC(=O)C1CC1)Nc1cccc(-c2ncc(C(=O)N3CCC(CCN4CCCC4)CC3)s2)c1OC. The Morgan fingerprint density at radius 3 is 2.44 bits per heavy atom. The summed E-state index contributed by atoms with van der Waals surface area (Å²) in [5.74, 6) is -0.266. The molecule has 1 aliphatic carbocycles. The van der Waals surface area contributed by atoms with E-state index in [4.69, 9.17) is 39.7 Å². The Labute approximate surface area is 289 Å². The van der Waals surface area contributed by atoms with E-state index in [2.05, 4.69) is 25.8 Å². The maximum Gasteiger partial charge on any atom is 0.267 e. The molecular weight excluding hydrogens is 625 g/mol. The van der Waals surface area contributed by atoms with Crippen molar-refractivity contribution in [2.24, 2.45) is 23.3 Å². The highest BCUT2D eigenvalue weighted by atomic mass is 32.1. The molecule has 1 aromatic heterocycles. The van der Waals surface area contributed by atoms with Crippen molar-refractivity contribution < 1.29 is 19.1 Å². The summed E-state index contributed by atoms with van der Waals surface area (Å²) in [5.41, 5.74) is 13.0. The smallest absolute Gasteiger partial charge is 0.267 e. The van der Waals surface area contributed by atoms with E-state index in [0.717, 1.165) is 45.3 Å². The van der Waals surface area contributed by atoms with Crippen LogP contribution in [0.3, 0.4) is 0 Å². The fourth-order valence-electron chi connectivity index (χ4n) is 5.97. The van der Waals surface area contributed by atoms with E-state index in [1.807, 2.05) is 11.0 Å². The molecule has 0 bridgehead atoms. The van der Waals surface area contributed by atoms with E-state index in [1.54, 1.807) is 18.3 Å². The number of para-hydroxylation sites is 1. The van der Waals surface area contributed by atoms with Crippen LogP contribution in [0.5, 0.6) is 5.75 Å². The van der Waals surface area contributed by atoms with Gasteiger partial charge in [-0.15, -0.1) is 11.3 Å². The van der Waals surface area contributed by atoms with Gasteiger partial charge in [0.05, 0.1) is 53.8 Å². The maximum absolute atomic E-state index is 13.5. The van der Waals surface area contributed by atoms with Crippen molar-refractivity contribution in [3.63, 3.8) is 0 Å². The van der Waals surface area contributed by atoms with Crippen molar-refractivity contribution >= 4 is 58.3 Å². The van der Waals surface area contributed by atoms with Crippen LogP contribution in [0.4, 0.5) is 5.69 Å². The predicted molar refractivity (Wildman–Crippen MR) is 189 cm³/mol. The molecule has 3 heterocycles. The number of likely N-dealkylation sites (tertiary alicyclic amines) is 2. The van der Waals surface area contributed by atoms with Gasteiger partial charge in [-0.2, -0.15) is 0 Å². The summed E-state index contributed by atoms with van der Waals surface area (Å²) >= 11 is 1.28. The summed E-state index contributed by atoms with van der Waals surface area (Å²) in [6.07, 6.45) is 10.3. The molecule has 2 saturated heterocycles. The minimum Gasteiger partial charge on any atom is -0.494 e. The number of amides is 3. The van der Waals surface area contributed by atoms with E-state index in [9.17, 15) is 14.4 Å². The number of ether oxygens (including phenoxy) is 1. The Balaban J connectivity index is 1.31. The van der Waals surface area contributed by atoms with Crippen LogP contribution < -0.4 is 32.2 Å². The van der Waals surface area contributed by atoms with E-state index in [0.29, 0.717) is 32.8 Å². The molecule has 5 rings (SSSR count). The number of aromatic nitrogens is 1. The molecule has 0 unspecified atom stereocenters. The first-order chi connectivity index (χ1) is 22.9. The fourth-order valence-corrected chi connectivity index (χ4v) is 6.87.